The molecule has 3 aromatic rings. The summed E-state index contributed by atoms with van der Waals surface area (Å²) in [6.07, 6.45) is 0. The number of fused-ring (bicyclic) bond motifs is 3. The third-order valence-corrected chi connectivity index (χ3v) is 6.58. The molecule has 0 atom stereocenters. The second kappa shape index (κ2) is 9.25. The van der Waals surface area contributed by atoms with E-state index in [-0.39, 0.29) is 11.9 Å². The maximum atomic E-state index is 12.7. The summed E-state index contributed by atoms with van der Waals surface area (Å²) in [4.78, 5) is 17.5. The summed E-state index contributed by atoms with van der Waals surface area (Å²) < 4.78 is 10.6. The maximum absolute atomic E-state index is 12.7. The molecule has 2 aliphatic rings. The highest BCUT2D eigenvalue weighted by atomic mass is 16.5. The van der Waals surface area contributed by atoms with Crippen LogP contribution in [0.15, 0.2) is 66.7 Å². The van der Waals surface area contributed by atoms with Crippen LogP contribution in [0.25, 0.3) is 11.1 Å². The molecule has 6 nitrogen and oxygen atoms in total. The van der Waals surface area contributed by atoms with Gasteiger partial charge in [0.2, 0.25) is 5.91 Å². The minimum Gasteiger partial charge on any atom is -0.497 e. The Hall–Kier alpha value is -3.35. The topological polar surface area (TPSA) is 54.0 Å². The largest absolute Gasteiger partial charge is 0.497 e. The lowest BCUT2D eigenvalue weighted by atomic mass is 10.0. The van der Waals surface area contributed by atoms with Crippen LogP contribution in [0.2, 0.25) is 0 Å². The first-order chi connectivity index (χ1) is 16.2. The highest BCUT2D eigenvalue weighted by molar-refractivity contribution is 5.92. The van der Waals surface area contributed by atoms with Crippen LogP contribution < -0.4 is 14.8 Å². The summed E-state index contributed by atoms with van der Waals surface area (Å²) in [6.45, 7) is 3.93. The minimum atomic E-state index is -0.0321. The smallest absolute Gasteiger partial charge is 0.238 e. The van der Waals surface area contributed by atoms with Crippen molar-refractivity contribution in [1.29, 1.82) is 0 Å². The number of amides is 1. The van der Waals surface area contributed by atoms with E-state index in [1.54, 1.807) is 32.4 Å². The Kier molecular flexibility index (Phi) is 6.03. The van der Waals surface area contributed by atoms with Gasteiger partial charge in [-0.25, -0.2) is 0 Å². The molecule has 1 amide bonds. The Morgan fingerprint density at radius 2 is 1.39 bits per heavy atom. The average molecular weight is 444 g/mol. The van der Waals surface area contributed by atoms with E-state index in [9.17, 15) is 4.79 Å². The fraction of sp³-hybridized carbons (Fsp3) is 0.296. The second-order valence-corrected chi connectivity index (χ2v) is 8.54. The molecule has 1 N–H and O–H groups in total. The van der Waals surface area contributed by atoms with Crippen LogP contribution in [0.1, 0.15) is 17.2 Å². The number of anilines is 1. The number of piperazine rings is 1. The number of benzene rings is 3. The van der Waals surface area contributed by atoms with E-state index in [4.69, 9.17) is 9.47 Å². The Bertz CT molecular complexity index is 1090. The zero-order chi connectivity index (χ0) is 22.8. The highest BCUT2D eigenvalue weighted by Gasteiger charge is 2.34. The van der Waals surface area contributed by atoms with Crippen LogP contribution in [-0.4, -0.2) is 62.7 Å². The lowest BCUT2D eigenvalue weighted by molar-refractivity contribution is -0.117. The molecule has 0 spiro atoms. The van der Waals surface area contributed by atoms with Crippen molar-refractivity contribution in [3.8, 4) is 22.6 Å². The highest BCUT2D eigenvalue weighted by Crippen LogP contribution is 2.46. The number of nitrogens with zero attached hydrogens (tertiary/aromatic N) is 2. The minimum absolute atomic E-state index is 0.0321. The molecule has 0 saturated carbocycles. The molecule has 0 aromatic heterocycles. The second-order valence-electron chi connectivity index (χ2n) is 8.54. The van der Waals surface area contributed by atoms with Gasteiger partial charge in [-0.2, -0.15) is 0 Å². The molecule has 3 aromatic carbocycles. The van der Waals surface area contributed by atoms with Gasteiger partial charge in [-0.3, -0.25) is 14.6 Å². The zero-order valence-electron chi connectivity index (χ0n) is 19.1. The molecule has 33 heavy (non-hydrogen) atoms. The standard InChI is InChI=1S/C27H29N3O3/c1-32-20-15-19(16-21(17-20)33-2)28-26(31)18-29-11-13-30(14-12-29)27-24-9-5-3-7-22(24)23-8-4-6-10-25(23)27/h3-10,15-17,27H,11-14,18H2,1-2H3,(H,28,31). The van der Waals surface area contributed by atoms with Gasteiger partial charge in [-0.05, 0) is 22.3 Å². The molecule has 6 heteroatoms. The lowest BCUT2D eigenvalue weighted by Gasteiger charge is -2.38. The Morgan fingerprint density at radius 3 is 1.94 bits per heavy atom. The number of methoxy groups -OCH3 is 2. The van der Waals surface area contributed by atoms with Crippen LogP contribution >= 0.6 is 0 Å². The molecular weight excluding hydrogens is 414 g/mol. The van der Waals surface area contributed by atoms with E-state index in [2.05, 4.69) is 63.6 Å². The normalized spacial score (nSPS) is 16.2. The predicted octanol–water partition coefficient (Wildman–Crippen LogP) is 4.03. The van der Waals surface area contributed by atoms with Gasteiger partial charge in [-0.1, -0.05) is 48.5 Å². The van der Waals surface area contributed by atoms with Gasteiger partial charge in [0.15, 0.2) is 0 Å². The van der Waals surface area contributed by atoms with Crippen LogP contribution in [0.4, 0.5) is 5.69 Å². The Labute approximate surface area is 194 Å². The summed E-state index contributed by atoms with van der Waals surface area (Å²) in [5, 5.41) is 2.98. The van der Waals surface area contributed by atoms with Gasteiger partial charge < -0.3 is 14.8 Å². The van der Waals surface area contributed by atoms with Crippen molar-refractivity contribution in [2.75, 3.05) is 52.3 Å². The Balaban J connectivity index is 1.22. The molecule has 1 saturated heterocycles. The third kappa shape index (κ3) is 4.32. The molecule has 1 aliphatic carbocycles. The molecule has 170 valence electrons. The number of hydrogen-bond donors (Lipinski definition) is 1. The molecule has 0 radical (unpaired) electrons. The van der Waals surface area contributed by atoms with E-state index < -0.39 is 0 Å². The van der Waals surface area contributed by atoms with Crippen molar-refractivity contribution in [2.24, 2.45) is 0 Å². The van der Waals surface area contributed by atoms with E-state index in [0.717, 1.165) is 26.2 Å². The molecule has 1 heterocycles. The van der Waals surface area contributed by atoms with Crippen LogP contribution in [0.5, 0.6) is 11.5 Å². The zero-order valence-corrected chi connectivity index (χ0v) is 19.1. The summed E-state index contributed by atoms with van der Waals surface area (Å²) in [6, 6.07) is 23.1. The van der Waals surface area contributed by atoms with Crippen LogP contribution in [0, 0.1) is 0 Å². The average Bonchev–Trinajstić information content (AvgIpc) is 3.18. The number of carbonyl (C=O) groups is 1. The number of nitrogens with one attached hydrogen (secondary N) is 1. The molecular formula is C27H29N3O3. The molecule has 5 rings (SSSR count). The van der Waals surface area contributed by atoms with E-state index in [1.165, 1.54) is 22.3 Å². The molecule has 0 unspecified atom stereocenters. The lowest BCUT2D eigenvalue weighted by Crippen LogP contribution is -2.49. The van der Waals surface area contributed by atoms with Gasteiger partial charge in [0, 0.05) is 50.1 Å². The van der Waals surface area contributed by atoms with Gasteiger partial charge >= 0.3 is 0 Å². The van der Waals surface area contributed by atoms with Crippen molar-refractivity contribution in [3.05, 3.63) is 77.9 Å². The van der Waals surface area contributed by atoms with Gasteiger partial charge in [0.25, 0.3) is 0 Å². The van der Waals surface area contributed by atoms with Crippen molar-refractivity contribution >= 4 is 11.6 Å². The van der Waals surface area contributed by atoms with Crippen molar-refractivity contribution in [2.45, 2.75) is 6.04 Å². The number of hydrogen-bond acceptors (Lipinski definition) is 5. The molecule has 0 bridgehead atoms. The van der Waals surface area contributed by atoms with E-state index >= 15 is 0 Å². The van der Waals surface area contributed by atoms with Crippen molar-refractivity contribution < 1.29 is 14.3 Å². The summed E-state index contributed by atoms with van der Waals surface area (Å²) >= 11 is 0. The van der Waals surface area contributed by atoms with Crippen LogP contribution in [-0.2, 0) is 4.79 Å². The molecule has 1 fully saturated rings. The summed E-state index contributed by atoms with van der Waals surface area (Å²) in [5.41, 5.74) is 6.13. The van der Waals surface area contributed by atoms with Gasteiger partial charge in [0.1, 0.15) is 11.5 Å². The fourth-order valence-corrected chi connectivity index (χ4v) is 4.99. The fourth-order valence-electron chi connectivity index (χ4n) is 4.99. The Morgan fingerprint density at radius 1 is 0.848 bits per heavy atom. The molecule has 1 aliphatic heterocycles. The van der Waals surface area contributed by atoms with Crippen molar-refractivity contribution in [1.82, 2.24) is 9.80 Å². The van der Waals surface area contributed by atoms with Gasteiger partial charge in [-0.15, -0.1) is 0 Å². The third-order valence-electron chi connectivity index (χ3n) is 6.58. The van der Waals surface area contributed by atoms with E-state index in [0.29, 0.717) is 23.7 Å². The first-order valence-corrected chi connectivity index (χ1v) is 11.3. The quantitative estimate of drug-likeness (QED) is 0.624. The van der Waals surface area contributed by atoms with Gasteiger partial charge in [0.05, 0.1) is 26.8 Å². The number of ether oxygens (including phenoxy) is 2. The van der Waals surface area contributed by atoms with Crippen LogP contribution in [0.3, 0.4) is 0 Å². The summed E-state index contributed by atoms with van der Waals surface area (Å²) in [5.74, 6) is 1.26. The first-order valence-electron chi connectivity index (χ1n) is 11.3. The van der Waals surface area contributed by atoms with Crippen molar-refractivity contribution in [3.63, 3.8) is 0 Å². The SMILES string of the molecule is COc1cc(NC(=O)CN2CCN(C3c4ccccc4-c4ccccc43)CC2)cc(OC)c1. The maximum Gasteiger partial charge on any atom is 0.238 e. The first kappa shape index (κ1) is 21.5. The number of carbonyl (C=O) groups excluding carboxylic acids is 1. The monoisotopic (exact) mass is 443 g/mol. The summed E-state index contributed by atoms with van der Waals surface area (Å²) in [7, 11) is 3.20. The number of rotatable bonds is 6. The predicted molar refractivity (Wildman–Crippen MR) is 130 cm³/mol. The van der Waals surface area contributed by atoms with E-state index in [1.807, 2.05) is 0 Å².